The fourth-order valence-corrected chi connectivity index (χ4v) is 6.99. The monoisotopic (exact) mass is 300 g/mol. The average Bonchev–Trinajstić information content (AvgIpc) is 2.79. The maximum absolute atomic E-state index is 11.3. The lowest BCUT2D eigenvalue weighted by Gasteiger charge is -2.55. The lowest BCUT2D eigenvalue weighted by atomic mass is 9.50. The Morgan fingerprint density at radius 2 is 2.09 bits per heavy atom. The van der Waals surface area contributed by atoms with E-state index in [0.29, 0.717) is 0 Å². The lowest BCUT2D eigenvalue weighted by Crippen LogP contribution is -2.52. The van der Waals surface area contributed by atoms with Crippen LogP contribution >= 0.6 is 0 Å². The maximum atomic E-state index is 11.3. The molecule has 0 spiro atoms. The minimum Gasteiger partial charge on any atom is -0.389 e. The summed E-state index contributed by atoms with van der Waals surface area (Å²) in [5, 5.41) is 11.3. The molecule has 22 heavy (non-hydrogen) atoms. The largest absolute Gasteiger partial charge is 0.389 e. The smallest absolute Gasteiger partial charge is 0.0738 e. The zero-order valence-corrected chi connectivity index (χ0v) is 14.2. The standard InChI is InChI=1S/C21H32O/c1-3-12-21(22)14-11-19-18-9-8-15-6-4-5-7-16(15)17(18)10-13-20(19,21)2/h3,6,16-19,22H,1,4-5,7-14H2,2H3/t16-,17?,18?,19?,20-,21-/m0/s1. The highest BCUT2D eigenvalue weighted by Crippen LogP contribution is 2.65. The quantitative estimate of drug-likeness (QED) is 0.690. The molecule has 3 unspecified atom stereocenters. The predicted octanol–water partition coefficient (Wildman–Crippen LogP) is 5.26. The van der Waals surface area contributed by atoms with Crippen LogP contribution < -0.4 is 0 Å². The summed E-state index contributed by atoms with van der Waals surface area (Å²) in [7, 11) is 0. The summed E-state index contributed by atoms with van der Waals surface area (Å²) in [4.78, 5) is 0. The maximum Gasteiger partial charge on any atom is 0.0738 e. The molecule has 4 aliphatic rings. The van der Waals surface area contributed by atoms with E-state index in [9.17, 15) is 5.11 Å². The molecule has 0 bridgehead atoms. The third kappa shape index (κ3) is 1.94. The Labute approximate surface area is 135 Å². The van der Waals surface area contributed by atoms with Gasteiger partial charge in [0.2, 0.25) is 0 Å². The summed E-state index contributed by atoms with van der Waals surface area (Å²) in [5.74, 6) is 3.44. The molecule has 0 aromatic carbocycles. The summed E-state index contributed by atoms with van der Waals surface area (Å²) in [6.45, 7) is 6.31. The van der Waals surface area contributed by atoms with E-state index in [1.165, 1.54) is 51.4 Å². The van der Waals surface area contributed by atoms with Crippen molar-refractivity contribution in [3.63, 3.8) is 0 Å². The molecule has 0 aromatic rings. The first-order chi connectivity index (χ1) is 10.6. The second-order valence-electron chi connectivity index (χ2n) is 8.81. The molecular formula is C21H32O. The van der Waals surface area contributed by atoms with E-state index in [-0.39, 0.29) is 5.41 Å². The van der Waals surface area contributed by atoms with Crippen LogP contribution in [-0.2, 0) is 0 Å². The minimum atomic E-state index is -0.479. The number of aliphatic hydroxyl groups is 1. The van der Waals surface area contributed by atoms with Crippen molar-refractivity contribution in [1.82, 2.24) is 0 Å². The first-order valence-corrected chi connectivity index (χ1v) is 9.61. The number of hydrogen-bond acceptors (Lipinski definition) is 1. The first kappa shape index (κ1) is 15.0. The van der Waals surface area contributed by atoms with Crippen LogP contribution in [0.15, 0.2) is 24.3 Å². The molecule has 0 aromatic heterocycles. The fourth-order valence-electron chi connectivity index (χ4n) is 6.99. The van der Waals surface area contributed by atoms with Crippen molar-refractivity contribution in [3.05, 3.63) is 24.3 Å². The molecule has 1 heteroatoms. The molecule has 4 rings (SSSR count). The highest BCUT2D eigenvalue weighted by molar-refractivity contribution is 5.20. The topological polar surface area (TPSA) is 20.2 Å². The fraction of sp³-hybridized carbons (Fsp3) is 0.810. The predicted molar refractivity (Wildman–Crippen MR) is 91.5 cm³/mol. The molecule has 1 nitrogen and oxygen atoms in total. The minimum absolute atomic E-state index is 0.137. The SMILES string of the molecule is C=CC[C@]1(O)CCC2C3CCC4=CCCC[C@@H]4C3CC[C@@]21C. The molecule has 0 saturated heterocycles. The van der Waals surface area contributed by atoms with Crippen LogP contribution in [0.2, 0.25) is 0 Å². The zero-order chi connectivity index (χ0) is 15.4. The summed E-state index contributed by atoms with van der Waals surface area (Å²) >= 11 is 0. The molecule has 1 N–H and O–H groups in total. The van der Waals surface area contributed by atoms with Crippen LogP contribution in [0.25, 0.3) is 0 Å². The normalized spacial score (nSPS) is 50.5. The Morgan fingerprint density at radius 3 is 2.91 bits per heavy atom. The number of fused-ring (bicyclic) bond motifs is 5. The van der Waals surface area contributed by atoms with Crippen LogP contribution in [0, 0.1) is 29.1 Å². The molecule has 3 fully saturated rings. The van der Waals surface area contributed by atoms with Gasteiger partial charge in [-0.1, -0.05) is 24.6 Å². The van der Waals surface area contributed by atoms with E-state index in [4.69, 9.17) is 0 Å². The Kier molecular flexibility index (Phi) is 3.56. The van der Waals surface area contributed by atoms with Crippen molar-refractivity contribution >= 4 is 0 Å². The molecule has 0 aliphatic heterocycles. The molecule has 122 valence electrons. The van der Waals surface area contributed by atoms with Gasteiger partial charge in [-0.3, -0.25) is 0 Å². The van der Waals surface area contributed by atoms with Gasteiger partial charge in [0.25, 0.3) is 0 Å². The van der Waals surface area contributed by atoms with Gasteiger partial charge in [0, 0.05) is 0 Å². The third-order valence-corrected chi connectivity index (χ3v) is 8.18. The average molecular weight is 300 g/mol. The summed E-state index contributed by atoms with van der Waals surface area (Å²) < 4.78 is 0. The Balaban J connectivity index is 1.62. The van der Waals surface area contributed by atoms with Crippen LogP contribution in [0.4, 0.5) is 0 Å². The Hall–Kier alpha value is -0.560. The summed E-state index contributed by atoms with van der Waals surface area (Å²) in [6.07, 6.45) is 17.0. The van der Waals surface area contributed by atoms with E-state index in [0.717, 1.165) is 36.5 Å². The lowest BCUT2D eigenvalue weighted by molar-refractivity contribution is -0.115. The van der Waals surface area contributed by atoms with Crippen LogP contribution in [0.1, 0.15) is 71.1 Å². The Bertz CT molecular complexity index is 492. The van der Waals surface area contributed by atoms with E-state index >= 15 is 0 Å². The van der Waals surface area contributed by atoms with Crippen molar-refractivity contribution in [1.29, 1.82) is 0 Å². The second kappa shape index (κ2) is 5.23. The molecular weight excluding hydrogens is 268 g/mol. The van der Waals surface area contributed by atoms with Crippen LogP contribution in [-0.4, -0.2) is 10.7 Å². The highest BCUT2D eigenvalue weighted by Gasteiger charge is 2.61. The van der Waals surface area contributed by atoms with E-state index in [1.54, 1.807) is 5.57 Å². The second-order valence-corrected chi connectivity index (χ2v) is 8.81. The van der Waals surface area contributed by atoms with Crippen LogP contribution in [0.3, 0.4) is 0 Å². The van der Waals surface area contributed by atoms with E-state index < -0.39 is 5.60 Å². The first-order valence-electron chi connectivity index (χ1n) is 9.61. The van der Waals surface area contributed by atoms with Crippen molar-refractivity contribution in [2.75, 3.05) is 0 Å². The molecule has 0 heterocycles. The number of rotatable bonds is 2. The van der Waals surface area contributed by atoms with Gasteiger partial charge in [0.05, 0.1) is 5.60 Å². The molecule has 0 amide bonds. The molecule has 6 atom stereocenters. The van der Waals surface area contributed by atoms with E-state index in [2.05, 4.69) is 19.6 Å². The van der Waals surface area contributed by atoms with E-state index in [1.807, 2.05) is 6.08 Å². The summed E-state index contributed by atoms with van der Waals surface area (Å²) in [5.41, 5.74) is 1.46. The zero-order valence-electron chi connectivity index (χ0n) is 14.2. The van der Waals surface area contributed by atoms with Gasteiger partial charge in [-0.25, -0.2) is 0 Å². The van der Waals surface area contributed by atoms with Gasteiger partial charge in [-0.2, -0.15) is 0 Å². The molecule has 0 radical (unpaired) electrons. The summed E-state index contributed by atoms with van der Waals surface area (Å²) in [6, 6.07) is 0. The van der Waals surface area contributed by atoms with Crippen LogP contribution in [0.5, 0.6) is 0 Å². The van der Waals surface area contributed by atoms with Gasteiger partial charge >= 0.3 is 0 Å². The van der Waals surface area contributed by atoms with Crippen molar-refractivity contribution in [2.24, 2.45) is 29.1 Å². The Morgan fingerprint density at radius 1 is 1.23 bits per heavy atom. The van der Waals surface area contributed by atoms with Gasteiger partial charge in [0.15, 0.2) is 0 Å². The van der Waals surface area contributed by atoms with Gasteiger partial charge in [-0.05, 0) is 93.3 Å². The number of allylic oxidation sites excluding steroid dienone is 2. The third-order valence-electron chi connectivity index (χ3n) is 8.18. The van der Waals surface area contributed by atoms with Crippen molar-refractivity contribution < 1.29 is 5.11 Å². The molecule has 4 aliphatic carbocycles. The molecule has 3 saturated carbocycles. The number of hydrogen-bond donors (Lipinski definition) is 1. The van der Waals surface area contributed by atoms with Gasteiger partial charge in [0.1, 0.15) is 0 Å². The van der Waals surface area contributed by atoms with Crippen molar-refractivity contribution in [2.45, 2.75) is 76.7 Å². The van der Waals surface area contributed by atoms with Crippen molar-refractivity contribution in [3.8, 4) is 0 Å². The van der Waals surface area contributed by atoms with Gasteiger partial charge < -0.3 is 5.11 Å². The van der Waals surface area contributed by atoms with Gasteiger partial charge in [-0.15, -0.1) is 6.58 Å². The highest BCUT2D eigenvalue weighted by atomic mass is 16.3.